The van der Waals surface area contributed by atoms with Crippen molar-refractivity contribution in [3.8, 4) is 5.88 Å². The summed E-state index contributed by atoms with van der Waals surface area (Å²) in [6, 6.07) is 9.78. The van der Waals surface area contributed by atoms with Gasteiger partial charge >= 0.3 is 6.03 Å². The van der Waals surface area contributed by atoms with Crippen molar-refractivity contribution in [1.29, 1.82) is 0 Å². The Morgan fingerprint density at radius 2 is 1.76 bits per heavy atom. The number of carbonyl (C=O) groups is 2. The molecule has 4 aliphatic carbocycles. The molecule has 0 unspecified atom stereocenters. The van der Waals surface area contributed by atoms with Crippen molar-refractivity contribution < 1.29 is 23.6 Å². The van der Waals surface area contributed by atoms with Gasteiger partial charge in [-0.3, -0.25) is 4.79 Å². The van der Waals surface area contributed by atoms with E-state index in [0.29, 0.717) is 37.7 Å². The van der Waals surface area contributed by atoms with Gasteiger partial charge in [0.2, 0.25) is 5.76 Å². The normalized spacial score (nSPS) is 27.8. The maximum absolute atomic E-state index is 13.6. The number of nitrogens with one attached hydrogen (secondary N) is 1. The Kier molecular flexibility index (Phi) is 7.27. The quantitative estimate of drug-likeness (QED) is 0.534. The second kappa shape index (κ2) is 10.8. The van der Waals surface area contributed by atoms with Crippen LogP contribution in [-0.2, 0) is 4.74 Å². The summed E-state index contributed by atoms with van der Waals surface area (Å²) in [6.45, 7) is 2.91. The number of rotatable bonds is 8. The first-order chi connectivity index (χ1) is 18.5. The summed E-state index contributed by atoms with van der Waals surface area (Å²) in [7, 11) is 1.76. The predicted molar refractivity (Wildman–Crippen MR) is 141 cm³/mol. The Morgan fingerprint density at radius 3 is 2.42 bits per heavy atom. The number of amides is 3. The van der Waals surface area contributed by atoms with Crippen LogP contribution in [0.25, 0.3) is 0 Å². The smallest absolute Gasteiger partial charge is 0.320 e. The molecule has 1 aromatic carbocycles. The molecule has 0 spiro atoms. The summed E-state index contributed by atoms with van der Waals surface area (Å²) in [5, 5.41) is 7.55. The van der Waals surface area contributed by atoms with E-state index in [1.165, 1.54) is 31.0 Å². The number of hydrogen-bond acceptors (Lipinski definition) is 7. The second-order valence-electron chi connectivity index (χ2n) is 11.4. The van der Waals surface area contributed by atoms with Crippen molar-refractivity contribution in [3.05, 3.63) is 36.1 Å². The van der Waals surface area contributed by atoms with E-state index < -0.39 is 0 Å². The van der Waals surface area contributed by atoms with Crippen molar-refractivity contribution in [2.75, 3.05) is 46.5 Å². The Morgan fingerprint density at radius 1 is 1.11 bits per heavy atom. The van der Waals surface area contributed by atoms with Gasteiger partial charge in [0, 0.05) is 30.6 Å². The van der Waals surface area contributed by atoms with Crippen LogP contribution in [0.4, 0.5) is 4.79 Å². The number of hydrogen-bond donors (Lipinski definition) is 1. The molecule has 2 heterocycles. The van der Waals surface area contributed by atoms with Crippen LogP contribution in [0, 0.1) is 17.8 Å². The number of morpholine rings is 1. The summed E-state index contributed by atoms with van der Waals surface area (Å²) in [4.78, 5) is 31.3. The fourth-order valence-electron chi connectivity index (χ4n) is 7.13. The van der Waals surface area contributed by atoms with Gasteiger partial charge in [-0.15, -0.1) is 0 Å². The molecule has 1 saturated heterocycles. The molecular weight excluding hydrogens is 504 g/mol. The summed E-state index contributed by atoms with van der Waals surface area (Å²) < 4.78 is 17.0. The van der Waals surface area contributed by atoms with Crippen LogP contribution < -0.4 is 10.1 Å². The van der Waals surface area contributed by atoms with Gasteiger partial charge in [0.05, 0.1) is 19.8 Å². The first-order valence-corrected chi connectivity index (χ1v) is 14.6. The standard InChI is InChI=1S/C28H36N4O5S/c1-31(27(34)32-8-10-35-11-9-32)7-12-36-26-24(38-22-5-3-2-4-6-22)23(37-30-26)25(33)29-28-16-19-13-20(17-28)15-21(14-19)18-28/h2-6,19-21H,7-18H2,1H3,(H,29,33). The number of ether oxygens (including phenoxy) is 2. The van der Waals surface area contributed by atoms with Crippen molar-refractivity contribution in [2.45, 2.75) is 53.9 Å². The van der Waals surface area contributed by atoms with E-state index in [1.54, 1.807) is 16.8 Å². The summed E-state index contributed by atoms with van der Waals surface area (Å²) in [5.41, 5.74) is -0.128. The van der Waals surface area contributed by atoms with E-state index >= 15 is 0 Å². The molecule has 0 radical (unpaired) electrons. The molecule has 2 aromatic rings. The maximum Gasteiger partial charge on any atom is 0.320 e. The molecule has 10 heteroatoms. The van der Waals surface area contributed by atoms with Gasteiger partial charge in [0.15, 0.2) is 0 Å². The Labute approximate surface area is 227 Å². The lowest BCUT2D eigenvalue weighted by atomic mass is 9.53. The average Bonchev–Trinajstić information content (AvgIpc) is 3.30. The number of benzene rings is 1. The van der Waals surface area contributed by atoms with Crippen molar-refractivity contribution in [2.24, 2.45) is 17.8 Å². The highest BCUT2D eigenvalue weighted by Crippen LogP contribution is 2.55. The topological polar surface area (TPSA) is 97.1 Å². The van der Waals surface area contributed by atoms with Crippen LogP contribution in [0.3, 0.4) is 0 Å². The van der Waals surface area contributed by atoms with Crippen LogP contribution in [0.1, 0.15) is 49.1 Å². The van der Waals surface area contributed by atoms with Gasteiger partial charge in [-0.05, 0) is 73.6 Å². The third-order valence-corrected chi connectivity index (χ3v) is 9.55. The monoisotopic (exact) mass is 540 g/mol. The molecule has 4 bridgehead atoms. The van der Waals surface area contributed by atoms with Gasteiger partial charge in [0.1, 0.15) is 11.5 Å². The Hall–Kier alpha value is -2.72. The lowest BCUT2D eigenvalue weighted by Crippen LogP contribution is -2.59. The van der Waals surface area contributed by atoms with Gasteiger partial charge < -0.3 is 29.1 Å². The summed E-state index contributed by atoms with van der Waals surface area (Å²) >= 11 is 1.41. The first-order valence-electron chi connectivity index (χ1n) is 13.7. The minimum atomic E-state index is -0.215. The molecule has 38 heavy (non-hydrogen) atoms. The van der Waals surface area contributed by atoms with E-state index in [1.807, 2.05) is 30.3 Å². The van der Waals surface area contributed by atoms with Gasteiger partial charge in [0.25, 0.3) is 11.8 Å². The molecule has 4 saturated carbocycles. The Balaban J connectivity index is 1.15. The molecule has 5 fully saturated rings. The zero-order chi connectivity index (χ0) is 26.1. The summed E-state index contributed by atoms with van der Waals surface area (Å²) in [5.74, 6) is 2.44. The molecule has 0 atom stereocenters. The largest absolute Gasteiger partial charge is 0.473 e. The predicted octanol–water partition coefficient (Wildman–Crippen LogP) is 4.29. The van der Waals surface area contributed by atoms with Crippen molar-refractivity contribution in [1.82, 2.24) is 20.3 Å². The van der Waals surface area contributed by atoms with Crippen LogP contribution in [0.15, 0.2) is 44.6 Å². The number of aromatic nitrogens is 1. The van der Waals surface area contributed by atoms with E-state index in [2.05, 4.69) is 10.5 Å². The third-order valence-electron chi connectivity index (χ3n) is 8.48. The lowest BCUT2D eigenvalue weighted by molar-refractivity contribution is -0.0173. The van der Waals surface area contributed by atoms with Crippen LogP contribution in [0.5, 0.6) is 5.88 Å². The second-order valence-corrected chi connectivity index (χ2v) is 12.4. The van der Waals surface area contributed by atoms with Gasteiger partial charge in [-0.25, -0.2) is 4.79 Å². The van der Waals surface area contributed by atoms with E-state index in [9.17, 15) is 9.59 Å². The first kappa shape index (κ1) is 25.6. The zero-order valence-corrected chi connectivity index (χ0v) is 22.7. The molecule has 1 N–H and O–H groups in total. The highest BCUT2D eigenvalue weighted by molar-refractivity contribution is 7.99. The zero-order valence-electron chi connectivity index (χ0n) is 21.9. The molecular formula is C28H36N4O5S. The highest BCUT2D eigenvalue weighted by atomic mass is 32.2. The minimum Gasteiger partial charge on any atom is -0.473 e. The minimum absolute atomic E-state index is 0.0495. The average molecular weight is 541 g/mol. The SMILES string of the molecule is CN(CCOc1noc(C(=O)NC23CC4CC(CC(C4)C2)C3)c1Sc1ccccc1)C(=O)N1CCOCC1. The fraction of sp³-hybridized carbons (Fsp3) is 0.607. The maximum atomic E-state index is 13.6. The summed E-state index contributed by atoms with van der Waals surface area (Å²) in [6.07, 6.45) is 7.12. The van der Waals surface area contributed by atoms with Crippen LogP contribution in [-0.4, -0.2) is 78.9 Å². The molecule has 1 aliphatic heterocycles. The lowest BCUT2D eigenvalue weighted by Gasteiger charge is -2.56. The molecule has 5 aliphatic rings. The van der Waals surface area contributed by atoms with Crippen molar-refractivity contribution >= 4 is 23.7 Å². The third kappa shape index (κ3) is 5.38. The fourth-order valence-corrected chi connectivity index (χ4v) is 8.07. The van der Waals surface area contributed by atoms with E-state index in [4.69, 9.17) is 14.0 Å². The van der Waals surface area contributed by atoms with Crippen LogP contribution in [0.2, 0.25) is 0 Å². The number of carbonyl (C=O) groups excluding carboxylic acids is 2. The van der Waals surface area contributed by atoms with E-state index in [0.717, 1.165) is 41.9 Å². The Bertz CT molecular complexity index is 1110. The number of urea groups is 1. The molecule has 1 aromatic heterocycles. The molecule has 9 nitrogen and oxygen atoms in total. The number of likely N-dealkylation sites (N-methyl/N-ethyl adjacent to an activating group) is 1. The molecule has 7 rings (SSSR count). The van der Waals surface area contributed by atoms with E-state index in [-0.39, 0.29) is 35.7 Å². The molecule has 204 valence electrons. The van der Waals surface area contributed by atoms with Gasteiger partial charge in [-0.2, -0.15) is 0 Å². The molecule has 3 amide bonds. The van der Waals surface area contributed by atoms with Crippen LogP contribution >= 0.6 is 11.8 Å². The number of nitrogens with zero attached hydrogens (tertiary/aromatic N) is 3. The van der Waals surface area contributed by atoms with Gasteiger partial charge in [-0.1, -0.05) is 30.0 Å². The highest BCUT2D eigenvalue weighted by Gasteiger charge is 2.52. The van der Waals surface area contributed by atoms with Crippen molar-refractivity contribution in [3.63, 3.8) is 0 Å².